The SMILES string of the molecule is CC(=O)Oc1cc2c(cc1OC(C)=O)CC(C(=O)Nc1cnc3ccccc3c1)CC2. The van der Waals surface area contributed by atoms with E-state index in [-0.39, 0.29) is 23.3 Å². The second-order valence-corrected chi connectivity index (χ2v) is 7.60. The number of carbonyl (C=O) groups is 3. The number of hydrogen-bond donors (Lipinski definition) is 1. The molecule has 3 aromatic rings. The van der Waals surface area contributed by atoms with Crippen molar-refractivity contribution in [3.63, 3.8) is 0 Å². The van der Waals surface area contributed by atoms with Crippen LogP contribution in [0.1, 0.15) is 31.4 Å². The third kappa shape index (κ3) is 4.71. The molecule has 0 bridgehead atoms. The van der Waals surface area contributed by atoms with Crippen LogP contribution in [0.2, 0.25) is 0 Å². The maximum Gasteiger partial charge on any atom is 0.308 e. The van der Waals surface area contributed by atoms with Gasteiger partial charge in [0.25, 0.3) is 0 Å². The van der Waals surface area contributed by atoms with Gasteiger partial charge in [-0.15, -0.1) is 0 Å². The van der Waals surface area contributed by atoms with Gasteiger partial charge in [0.1, 0.15) is 0 Å². The highest BCUT2D eigenvalue weighted by Crippen LogP contribution is 2.36. The summed E-state index contributed by atoms with van der Waals surface area (Å²) in [4.78, 5) is 40.1. The van der Waals surface area contributed by atoms with E-state index in [1.54, 1.807) is 18.3 Å². The largest absolute Gasteiger partial charge is 0.423 e. The third-order valence-electron chi connectivity index (χ3n) is 5.23. The number of ether oxygens (including phenoxy) is 2. The first kappa shape index (κ1) is 20.5. The van der Waals surface area contributed by atoms with E-state index in [0.29, 0.717) is 24.9 Å². The van der Waals surface area contributed by atoms with Gasteiger partial charge >= 0.3 is 11.9 Å². The number of aryl methyl sites for hydroxylation is 1. The van der Waals surface area contributed by atoms with Crippen LogP contribution in [0.25, 0.3) is 10.9 Å². The van der Waals surface area contributed by atoms with Gasteiger partial charge in [0.2, 0.25) is 5.91 Å². The fourth-order valence-corrected chi connectivity index (χ4v) is 3.84. The lowest BCUT2D eigenvalue weighted by atomic mass is 9.83. The molecule has 7 heteroatoms. The molecule has 4 rings (SSSR count). The monoisotopic (exact) mass is 418 g/mol. The van der Waals surface area contributed by atoms with Gasteiger partial charge in [0, 0.05) is 25.2 Å². The van der Waals surface area contributed by atoms with Gasteiger partial charge < -0.3 is 14.8 Å². The van der Waals surface area contributed by atoms with Gasteiger partial charge in [-0.3, -0.25) is 19.4 Å². The van der Waals surface area contributed by atoms with Crippen LogP contribution in [0, 0.1) is 5.92 Å². The number of esters is 2. The fourth-order valence-electron chi connectivity index (χ4n) is 3.84. The number of fused-ring (bicyclic) bond motifs is 2. The molecule has 158 valence electrons. The highest BCUT2D eigenvalue weighted by molar-refractivity contribution is 5.94. The topological polar surface area (TPSA) is 94.6 Å². The van der Waals surface area contributed by atoms with Crippen LogP contribution in [0.3, 0.4) is 0 Å². The molecule has 1 amide bonds. The second kappa shape index (κ2) is 8.55. The molecule has 1 atom stereocenters. The lowest BCUT2D eigenvalue weighted by Gasteiger charge is -2.25. The Morgan fingerprint density at radius 1 is 0.968 bits per heavy atom. The minimum atomic E-state index is -0.512. The van der Waals surface area contributed by atoms with Crippen molar-refractivity contribution >= 4 is 34.4 Å². The molecule has 2 aromatic carbocycles. The summed E-state index contributed by atoms with van der Waals surface area (Å²) in [6, 6.07) is 13.0. The molecule has 1 aliphatic rings. The molecule has 0 saturated heterocycles. The molecular formula is C24H22N2O5. The Morgan fingerprint density at radius 2 is 1.65 bits per heavy atom. The highest BCUT2D eigenvalue weighted by atomic mass is 16.6. The van der Waals surface area contributed by atoms with Gasteiger partial charge in [-0.05, 0) is 54.7 Å². The minimum Gasteiger partial charge on any atom is -0.423 e. The molecule has 7 nitrogen and oxygen atoms in total. The molecular weight excluding hydrogens is 396 g/mol. The van der Waals surface area contributed by atoms with E-state index in [9.17, 15) is 14.4 Å². The number of hydrogen-bond acceptors (Lipinski definition) is 6. The molecule has 1 heterocycles. The lowest BCUT2D eigenvalue weighted by molar-refractivity contribution is -0.134. The number of pyridine rings is 1. The minimum absolute atomic E-state index is 0.0826. The third-order valence-corrected chi connectivity index (χ3v) is 5.23. The average Bonchev–Trinajstić information content (AvgIpc) is 2.73. The zero-order valence-corrected chi connectivity index (χ0v) is 17.3. The Balaban J connectivity index is 1.53. The summed E-state index contributed by atoms with van der Waals surface area (Å²) >= 11 is 0. The van der Waals surface area contributed by atoms with E-state index in [1.807, 2.05) is 30.3 Å². The van der Waals surface area contributed by atoms with Crippen molar-refractivity contribution in [3.05, 3.63) is 59.8 Å². The van der Waals surface area contributed by atoms with Crippen LogP contribution in [-0.2, 0) is 27.2 Å². The maximum absolute atomic E-state index is 12.9. The van der Waals surface area contributed by atoms with Crippen molar-refractivity contribution in [2.75, 3.05) is 5.32 Å². The summed E-state index contributed by atoms with van der Waals surface area (Å²) in [5.74, 6) is -0.926. The molecule has 0 aliphatic heterocycles. The summed E-state index contributed by atoms with van der Waals surface area (Å²) in [5.41, 5.74) is 3.40. The number of nitrogens with zero attached hydrogens (tertiary/aromatic N) is 1. The van der Waals surface area contributed by atoms with Crippen molar-refractivity contribution in [1.29, 1.82) is 0 Å². The summed E-state index contributed by atoms with van der Waals surface area (Å²) in [7, 11) is 0. The number of carbonyl (C=O) groups excluding carboxylic acids is 3. The van der Waals surface area contributed by atoms with Crippen LogP contribution in [0.15, 0.2) is 48.7 Å². The van der Waals surface area contributed by atoms with Crippen LogP contribution in [0.4, 0.5) is 5.69 Å². The van der Waals surface area contributed by atoms with Crippen molar-refractivity contribution in [1.82, 2.24) is 4.98 Å². The first-order chi connectivity index (χ1) is 14.9. The molecule has 0 saturated carbocycles. The second-order valence-electron chi connectivity index (χ2n) is 7.60. The number of nitrogens with one attached hydrogen (secondary N) is 1. The molecule has 1 aromatic heterocycles. The first-order valence-electron chi connectivity index (χ1n) is 10.1. The number of amides is 1. The van der Waals surface area contributed by atoms with Crippen LogP contribution in [-0.4, -0.2) is 22.8 Å². The summed E-state index contributed by atoms with van der Waals surface area (Å²) in [5, 5.41) is 3.92. The van der Waals surface area contributed by atoms with E-state index in [0.717, 1.165) is 22.0 Å². The standard InChI is InChI=1S/C24H22N2O5/c1-14(27)30-22-11-16-7-8-18(9-19(16)12-23(22)31-15(2)28)24(29)26-20-10-17-5-3-4-6-21(17)25-13-20/h3-6,10-13,18H,7-9H2,1-2H3,(H,26,29). The Morgan fingerprint density at radius 3 is 2.35 bits per heavy atom. The molecule has 1 aliphatic carbocycles. The molecule has 31 heavy (non-hydrogen) atoms. The quantitative estimate of drug-likeness (QED) is 0.511. The zero-order chi connectivity index (χ0) is 22.0. The Labute approximate surface area is 179 Å². The van der Waals surface area contributed by atoms with Crippen molar-refractivity contribution in [2.24, 2.45) is 5.92 Å². The predicted molar refractivity (Wildman–Crippen MR) is 115 cm³/mol. The molecule has 1 unspecified atom stereocenters. The smallest absolute Gasteiger partial charge is 0.308 e. The number of benzene rings is 2. The number of anilines is 1. The Bertz CT molecular complexity index is 1190. The molecule has 0 spiro atoms. The van der Waals surface area contributed by atoms with E-state index >= 15 is 0 Å². The average molecular weight is 418 g/mol. The number of rotatable bonds is 4. The summed E-state index contributed by atoms with van der Waals surface area (Å²) < 4.78 is 10.4. The molecule has 1 N–H and O–H groups in total. The van der Waals surface area contributed by atoms with Gasteiger partial charge in [-0.25, -0.2) is 0 Å². The van der Waals surface area contributed by atoms with Crippen molar-refractivity contribution in [3.8, 4) is 11.5 Å². The lowest BCUT2D eigenvalue weighted by Crippen LogP contribution is -2.28. The predicted octanol–water partition coefficient (Wildman–Crippen LogP) is 3.83. The maximum atomic E-state index is 12.9. The van der Waals surface area contributed by atoms with Gasteiger partial charge in [-0.1, -0.05) is 18.2 Å². The van der Waals surface area contributed by atoms with Crippen LogP contribution < -0.4 is 14.8 Å². The van der Waals surface area contributed by atoms with E-state index in [4.69, 9.17) is 9.47 Å². The van der Waals surface area contributed by atoms with E-state index in [1.165, 1.54) is 13.8 Å². The van der Waals surface area contributed by atoms with Crippen LogP contribution in [0.5, 0.6) is 11.5 Å². The first-order valence-corrected chi connectivity index (χ1v) is 10.1. The van der Waals surface area contributed by atoms with E-state index in [2.05, 4.69) is 10.3 Å². The number of aromatic nitrogens is 1. The summed E-state index contributed by atoms with van der Waals surface area (Å²) in [6.07, 6.45) is 3.46. The van der Waals surface area contributed by atoms with Gasteiger partial charge in [0.05, 0.1) is 17.4 Å². The summed E-state index contributed by atoms with van der Waals surface area (Å²) in [6.45, 7) is 2.57. The molecule has 0 fully saturated rings. The Hall–Kier alpha value is -3.74. The van der Waals surface area contributed by atoms with Crippen LogP contribution >= 0.6 is 0 Å². The van der Waals surface area contributed by atoms with Crippen molar-refractivity contribution in [2.45, 2.75) is 33.1 Å². The molecule has 0 radical (unpaired) electrons. The fraction of sp³-hybridized carbons (Fsp3) is 0.250. The van der Waals surface area contributed by atoms with Crippen molar-refractivity contribution < 1.29 is 23.9 Å². The van der Waals surface area contributed by atoms with Gasteiger partial charge in [0.15, 0.2) is 11.5 Å². The van der Waals surface area contributed by atoms with E-state index < -0.39 is 11.9 Å². The normalized spacial score (nSPS) is 15.1. The van der Waals surface area contributed by atoms with Gasteiger partial charge in [-0.2, -0.15) is 0 Å². The number of para-hydroxylation sites is 1. The highest BCUT2D eigenvalue weighted by Gasteiger charge is 2.27. The Kier molecular flexibility index (Phi) is 5.66. The zero-order valence-electron chi connectivity index (χ0n) is 17.3.